The number of benzene rings is 2. The molecular formula is C23H17N3O3S. The van der Waals surface area contributed by atoms with E-state index in [-0.39, 0.29) is 17.4 Å². The van der Waals surface area contributed by atoms with Gasteiger partial charge in [-0.05, 0) is 53.4 Å². The lowest BCUT2D eigenvalue weighted by atomic mass is 10.1. The molecule has 3 aromatic heterocycles. The minimum Gasteiger partial charge on any atom is -0.508 e. The first-order valence-electron chi connectivity index (χ1n) is 9.30. The summed E-state index contributed by atoms with van der Waals surface area (Å²) >= 11 is 1.55. The van der Waals surface area contributed by atoms with Crippen molar-refractivity contribution in [1.29, 1.82) is 0 Å². The number of aromatic hydroxyl groups is 3. The van der Waals surface area contributed by atoms with Gasteiger partial charge in [-0.15, -0.1) is 11.3 Å². The normalized spacial score (nSPS) is 11.2. The molecule has 0 aliphatic heterocycles. The third-order valence-electron chi connectivity index (χ3n) is 4.88. The standard InChI is InChI=1S/C23H17N3O3S/c27-16-7-3-14(4-8-16)12-18-23(29)26-13-19(15-5-9-17(28)10-6-15)24-21(22(26)25-18)20-2-1-11-30-20/h1-11,13,27-29H,12H2. The molecule has 30 heavy (non-hydrogen) atoms. The van der Waals surface area contributed by atoms with Crippen molar-refractivity contribution in [2.24, 2.45) is 0 Å². The first kappa shape index (κ1) is 18.2. The Morgan fingerprint density at radius 3 is 2.20 bits per heavy atom. The number of fused-ring (bicyclic) bond motifs is 1. The Labute approximate surface area is 176 Å². The van der Waals surface area contributed by atoms with Crippen LogP contribution in [0.3, 0.4) is 0 Å². The number of phenolic OH excluding ortho intramolecular Hbond substituents is 2. The Morgan fingerprint density at radius 1 is 0.833 bits per heavy atom. The van der Waals surface area contributed by atoms with Crippen molar-refractivity contribution < 1.29 is 15.3 Å². The molecule has 0 radical (unpaired) electrons. The van der Waals surface area contributed by atoms with Gasteiger partial charge in [0, 0.05) is 18.2 Å². The van der Waals surface area contributed by atoms with Crippen LogP contribution in [-0.2, 0) is 6.42 Å². The van der Waals surface area contributed by atoms with Crippen LogP contribution in [0.1, 0.15) is 11.3 Å². The third kappa shape index (κ3) is 3.25. The molecule has 0 atom stereocenters. The quantitative estimate of drug-likeness (QED) is 0.391. The molecule has 5 aromatic rings. The van der Waals surface area contributed by atoms with E-state index in [2.05, 4.69) is 4.98 Å². The van der Waals surface area contributed by atoms with Crippen molar-refractivity contribution in [3.63, 3.8) is 0 Å². The Bertz CT molecular complexity index is 1330. The lowest BCUT2D eigenvalue weighted by Crippen LogP contribution is -1.95. The zero-order chi connectivity index (χ0) is 20.7. The summed E-state index contributed by atoms with van der Waals surface area (Å²) in [4.78, 5) is 10.5. The molecular weight excluding hydrogens is 398 g/mol. The van der Waals surface area contributed by atoms with Gasteiger partial charge < -0.3 is 15.3 Å². The molecule has 0 saturated heterocycles. The number of hydrogen-bond acceptors (Lipinski definition) is 6. The van der Waals surface area contributed by atoms with E-state index >= 15 is 0 Å². The van der Waals surface area contributed by atoms with E-state index in [1.165, 1.54) is 0 Å². The molecule has 0 unspecified atom stereocenters. The first-order valence-corrected chi connectivity index (χ1v) is 10.2. The van der Waals surface area contributed by atoms with Crippen LogP contribution in [0, 0.1) is 0 Å². The predicted molar refractivity (Wildman–Crippen MR) is 116 cm³/mol. The van der Waals surface area contributed by atoms with Crippen LogP contribution < -0.4 is 0 Å². The van der Waals surface area contributed by atoms with Crippen molar-refractivity contribution in [2.45, 2.75) is 6.42 Å². The lowest BCUT2D eigenvalue weighted by Gasteiger charge is -2.07. The number of imidazole rings is 1. The summed E-state index contributed by atoms with van der Waals surface area (Å²) in [6.45, 7) is 0. The fraction of sp³-hybridized carbons (Fsp3) is 0.0435. The van der Waals surface area contributed by atoms with Crippen molar-refractivity contribution in [3.8, 4) is 39.2 Å². The molecule has 0 amide bonds. The second kappa shape index (κ2) is 7.20. The number of phenols is 2. The number of aromatic nitrogens is 3. The van der Waals surface area contributed by atoms with E-state index in [1.807, 2.05) is 17.5 Å². The molecule has 5 rings (SSSR count). The highest BCUT2D eigenvalue weighted by molar-refractivity contribution is 7.13. The number of nitrogens with zero attached hydrogens (tertiary/aromatic N) is 3. The average molecular weight is 415 g/mol. The summed E-state index contributed by atoms with van der Waals surface area (Å²) in [5, 5.41) is 32.0. The molecule has 0 aliphatic carbocycles. The molecule has 6 nitrogen and oxygen atoms in total. The van der Waals surface area contributed by atoms with Gasteiger partial charge in [-0.25, -0.2) is 9.97 Å². The van der Waals surface area contributed by atoms with E-state index in [4.69, 9.17) is 4.98 Å². The molecule has 3 heterocycles. The van der Waals surface area contributed by atoms with Crippen LogP contribution in [0.15, 0.2) is 72.2 Å². The van der Waals surface area contributed by atoms with Crippen LogP contribution >= 0.6 is 11.3 Å². The molecule has 3 N–H and O–H groups in total. The zero-order valence-corrected chi connectivity index (χ0v) is 16.5. The van der Waals surface area contributed by atoms with Gasteiger partial charge in [0.2, 0.25) is 5.88 Å². The number of hydrogen-bond donors (Lipinski definition) is 3. The van der Waals surface area contributed by atoms with E-state index in [0.717, 1.165) is 16.0 Å². The summed E-state index contributed by atoms with van der Waals surface area (Å²) in [6.07, 6.45) is 2.17. The van der Waals surface area contributed by atoms with Crippen molar-refractivity contribution in [3.05, 3.63) is 83.5 Å². The van der Waals surface area contributed by atoms with Gasteiger partial charge in [-0.3, -0.25) is 4.40 Å². The number of thiophene rings is 1. The second-order valence-corrected chi connectivity index (χ2v) is 7.87. The molecule has 2 aromatic carbocycles. The smallest absolute Gasteiger partial charge is 0.219 e. The average Bonchev–Trinajstić information content (AvgIpc) is 3.39. The van der Waals surface area contributed by atoms with Crippen molar-refractivity contribution >= 4 is 17.0 Å². The highest BCUT2D eigenvalue weighted by Gasteiger charge is 2.19. The molecule has 148 valence electrons. The van der Waals surface area contributed by atoms with Crippen LogP contribution in [-0.4, -0.2) is 29.7 Å². The Morgan fingerprint density at radius 2 is 1.53 bits per heavy atom. The summed E-state index contributed by atoms with van der Waals surface area (Å²) in [7, 11) is 0. The van der Waals surface area contributed by atoms with Gasteiger partial charge in [0.15, 0.2) is 5.65 Å². The summed E-state index contributed by atoms with van der Waals surface area (Å²) < 4.78 is 1.65. The molecule has 0 spiro atoms. The third-order valence-corrected chi connectivity index (χ3v) is 5.75. The van der Waals surface area contributed by atoms with Crippen LogP contribution in [0.4, 0.5) is 0 Å². The van der Waals surface area contributed by atoms with Crippen LogP contribution in [0.2, 0.25) is 0 Å². The van der Waals surface area contributed by atoms with Gasteiger partial charge in [0.25, 0.3) is 0 Å². The maximum Gasteiger partial charge on any atom is 0.219 e. The minimum absolute atomic E-state index is 0.0540. The van der Waals surface area contributed by atoms with Gasteiger partial charge in [-0.1, -0.05) is 18.2 Å². The van der Waals surface area contributed by atoms with E-state index < -0.39 is 0 Å². The van der Waals surface area contributed by atoms with E-state index in [1.54, 1.807) is 70.5 Å². The van der Waals surface area contributed by atoms with Gasteiger partial charge >= 0.3 is 0 Å². The molecule has 0 saturated carbocycles. The SMILES string of the molecule is Oc1ccc(Cc2nc3c(-c4cccs4)nc(-c4ccc(O)cc4)cn3c2O)cc1. The van der Waals surface area contributed by atoms with Gasteiger partial charge in [0.05, 0.1) is 10.6 Å². The van der Waals surface area contributed by atoms with E-state index in [0.29, 0.717) is 29.1 Å². The molecule has 0 bridgehead atoms. The highest BCUT2D eigenvalue weighted by atomic mass is 32.1. The fourth-order valence-electron chi connectivity index (χ4n) is 3.36. The van der Waals surface area contributed by atoms with Crippen LogP contribution in [0.5, 0.6) is 17.4 Å². The van der Waals surface area contributed by atoms with E-state index in [9.17, 15) is 15.3 Å². The maximum atomic E-state index is 10.9. The summed E-state index contributed by atoms with van der Waals surface area (Å²) in [5.41, 5.74) is 4.20. The molecule has 0 fully saturated rings. The van der Waals surface area contributed by atoms with Gasteiger partial charge in [0.1, 0.15) is 22.9 Å². The Hall–Kier alpha value is -3.84. The second-order valence-electron chi connectivity index (χ2n) is 6.92. The monoisotopic (exact) mass is 415 g/mol. The number of rotatable bonds is 4. The first-order chi connectivity index (χ1) is 14.6. The lowest BCUT2D eigenvalue weighted by molar-refractivity contribution is 0.442. The fourth-order valence-corrected chi connectivity index (χ4v) is 4.07. The highest BCUT2D eigenvalue weighted by Crippen LogP contribution is 2.33. The largest absolute Gasteiger partial charge is 0.508 e. The van der Waals surface area contributed by atoms with Gasteiger partial charge in [-0.2, -0.15) is 0 Å². The maximum absolute atomic E-state index is 10.9. The molecule has 0 aliphatic rings. The Balaban J connectivity index is 1.68. The summed E-state index contributed by atoms with van der Waals surface area (Å²) in [5.74, 6) is 0.430. The molecule has 7 heteroatoms. The zero-order valence-electron chi connectivity index (χ0n) is 15.7. The minimum atomic E-state index is 0.0540. The van der Waals surface area contributed by atoms with Crippen molar-refractivity contribution in [2.75, 3.05) is 0 Å². The van der Waals surface area contributed by atoms with Crippen molar-refractivity contribution in [1.82, 2.24) is 14.4 Å². The summed E-state index contributed by atoms with van der Waals surface area (Å²) in [6, 6.07) is 17.5. The Kier molecular flexibility index (Phi) is 4.37. The van der Waals surface area contributed by atoms with Crippen LogP contribution in [0.25, 0.3) is 27.5 Å². The topological polar surface area (TPSA) is 90.9 Å². The predicted octanol–water partition coefficient (Wildman–Crippen LogP) is 4.83.